The summed E-state index contributed by atoms with van der Waals surface area (Å²) in [5.41, 5.74) is -1.05. The predicted octanol–water partition coefficient (Wildman–Crippen LogP) is 2.89. The maximum atomic E-state index is 13.2. The van der Waals surface area contributed by atoms with Gasteiger partial charge in [0.05, 0.1) is 11.1 Å². The van der Waals surface area contributed by atoms with Crippen LogP contribution in [-0.4, -0.2) is 29.4 Å². The molecule has 0 unspecified atom stereocenters. The molecule has 1 aromatic heterocycles. The Hall–Kier alpha value is -2.09. The minimum absolute atomic E-state index is 0.117. The van der Waals surface area contributed by atoms with Crippen molar-refractivity contribution in [3.63, 3.8) is 0 Å². The van der Waals surface area contributed by atoms with Gasteiger partial charge in [0.2, 0.25) is 6.39 Å². The molecule has 1 aromatic carbocycles. The highest BCUT2D eigenvalue weighted by atomic mass is 19.4. The number of piperidine rings is 1. The lowest BCUT2D eigenvalue weighted by atomic mass is 10.0. The number of aromatic nitrogens is 2. The van der Waals surface area contributed by atoms with E-state index in [2.05, 4.69) is 15.5 Å². The number of rotatable bonds is 3. The fourth-order valence-corrected chi connectivity index (χ4v) is 2.46. The van der Waals surface area contributed by atoms with Crippen molar-refractivity contribution >= 4 is 0 Å². The van der Waals surface area contributed by atoms with E-state index in [1.165, 1.54) is 12.1 Å². The number of halogens is 3. The van der Waals surface area contributed by atoms with Gasteiger partial charge in [0, 0.05) is 0 Å². The van der Waals surface area contributed by atoms with Crippen LogP contribution in [0.5, 0.6) is 5.75 Å². The van der Waals surface area contributed by atoms with Gasteiger partial charge in [-0.2, -0.15) is 13.2 Å². The molecule has 3 rings (SSSR count). The van der Waals surface area contributed by atoms with Crippen LogP contribution in [0.3, 0.4) is 0 Å². The van der Waals surface area contributed by atoms with Crippen LogP contribution in [0, 0.1) is 0 Å². The van der Waals surface area contributed by atoms with Crippen molar-refractivity contribution < 1.29 is 22.3 Å². The summed E-state index contributed by atoms with van der Waals surface area (Å²) in [6.45, 7) is 1.55. The quantitative estimate of drug-likeness (QED) is 0.944. The molecule has 0 spiro atoms. The molecule has 22 heavy (non-hydrogen) atoms. The van der Waals surface area contributed by atoms with Gasteiger partial charge in [0.15, 0.2) is 0 Å². The van der Waals surface area contributed by atoms with Crippen molar-refractivity contribution in [3.8, 4) is 17.2 Å². The minimum atomic E-state index is -4.53. The Morgan fingerprint density at radius 2 is 2.00 bits per heavy atom. The van der Waals surface area contributed by atoms with Gasteiger partial charge in [-0.05, 0) is 38.1 Å². The fraction of sp³-hybridized carbons (Fsp3) is 0.429. The van der Waals surface area contributed by atoms with Crippen LogP contribution in [0.25, 0.3) is 11.5 Å². The van der Waals surface area contributed by atoms with Gasteiger partial charge >= 0.3 is 6.18 Å². The normalized spacial score (nSPS) is 16.7. The highest BCUT2D eigenvalue weighted by Gasteiger charge is 2.37. The van der Waals surface area contributed by atoms with E-state index in [0.29, 0.717) is 0 Å². The zero-order valence-corrected chi connectivity index (χ0v) is 11.6. The lowest BCUT2D eigenvalue weighted by Crippen LogP contribution is -2.34. The molecule has 2 aromatic rings. The Balaban J connectivity index is 2.01. The monoisotopic (exact) mass is 313 g/mol. The summed E-state index contributed by atoms with van der Waals surface area (Å²) in [6, 6.07) is 3.80. The molecule has 0 aliphatic carbocycles. The molecule has 0 amide bonds. The first kappa shape index (κ1) is 14.8. The maximum Gasteiger partial charge on any atom is 0.417 e. The second-order valence-electron chi connectivity index (χ2n) is 4.99. The third-order valence-corrected chi connectivity index (χ3v) is 3.49. The Morgan fingerprint density at radius 1 is 1.23 bits per heavy atom. The van der Waals surface area contributed by atoms with E-state index in [1.54, 1.807) is 0 Å². The fourth-order valence-electron chi connectivity index (χ4n) is 2.46. The molecule has 118 valence electrons. The number of hydrogen-bond acceptors (Lipinski definition) is 5. The SMILES string of the molecule is FC(F)(F)c1cccc(OC2CCNCC2)c1-c1nnco1. The summed E-state index contributed by atoms with van der Waals surface area (Å²) in [4.78, 5) is 0. The van der Waals surface area contributed by atoms with Crippen molar-refractivity contribution in [2.24, 2.45) is 0 Å². The number of nitrogens with one attached hydrogen (secondary N) is 1. The van der Waals surface area contributed by atoms with Crippen molar-refractivity contribution in [1.29, 1.82) is 0 Å². The first-order valence-corrected chi connectivity index (χ1v) is 6.90. The largest absolute Gasteiger partial charge is 0.489 e. The second-order valence-corrected chi connectivity index (χ2v) is 4.99. The number of alkyl halides is 3. The molecule has 0 atom stereocenters. The van der Waals surface area contributed by atoms with E-state index >= 15 is 0 Å². The number of ether oxygens (including phenoxy) is 1. The molecular formula is C14H14F3N3O2. The van der Waals surface area contributed by atoms with E-state index < -0.39 is 11.7 Å². The summed E-state index contributed by atoms with van der Waals surface area (Å²) in [5.74, 6) is -0.0807. The average molecular weight is 313 g/mol. The van der Waals surface area contributed by atoms with Gasteiger partial charge in [-0.3, -0.25) is 0 Å². The predicted molar refractivity (Wildman–Crippen MR) is 71.3 cm³/mol. The van der Waals surface area contributed by atoms with E-state index in [0.717, 1.165) is 38.4 Å². The highest BCUT2D eigenvalue weighted by molar-refractivity contribution is 5.68. The molecular weight excluding hydrogens is 299 g/mol. The van der Waals surface area contributed by atoms with E-state index in [9.17, 15) is 13.2 Å². The smallest absolute Gasteiger partial charge is 0.417 e. The summed E-state index contributed by atoms with van der Waals surface area (Å²) in [6.07, 6.45) is -2.20. The van der Waals surface area contributed by atoms with Crippen LogP contribution >= 0.6 is 0 Å². The van der Waals surface area contributed by atoms with Crippen molar-refractivity contribution in [2.45, 2.75) is 25.1 Å². The molecule has 1 N–H and O–H groups in total. The third kappa shape index (κ3) is 3.06. The van der Waals surface area contributed by atoms with Gasteiger partial charge in [-0.25, -0.2) is 0 Å². The molecule has 5 nitrogen and oxygen atoms in total. The van der Waals surface area contributed by atoms with Crippen LogP contribution in [0.15, 0.2) is 29.0 Å². The van der Waals surface area contributed by atoms with Crippen LogP contribution in [0.2, 0.25) is 0 Å². The molecule has 1 fully saturated rings. The van der Waals surface area contributed by atoms with Crippen molar-refractivity contribution in [3.05, 3.63) is 30.2 Å². The lowest BCUT2D eigenvalue weighted by molar-refractivity contribution is -0.137. The average Bonchev–Trinajstić information content (AvgIpc) is 3.01. The third-order valence-electron chi connectivity index (χ3n) is 3.49. The molecule has 2 heterocycles. The second kappa shape index (κ2) is 5.96. The molecule has 1 aliphatic heterocycles. The summed E-state index contributed by atoms with van der Waals surface area (Å²) >= 11 is 0. The minimum Gasteiger partial charge on any atom is -0.489 e. The van der Waals surface area contributed by atoms with Crippen LogP contribution in [0.4, 0.5) is 13.2 Å². The zero-order chi connectivity index (χ0) is 15.6. The van der Waals surface area contributed by atoms with Crippen LogP contribution in [-0.2, 0) is 6.18 Å². The van der Waals surface area contributed by atoms with Gasteiger partial charge < -0.3 is 14.5 Å². The Bertz CT molecular complexity index is 623. The Labute approximate surface area is 124 Å². The van der Waals surface area contributed by atoms with Gasteiger partial charge in [0.25, 0.3) is 5.89 Å². The summed E-state index contributed by atoms with van der Waals surface area (Å²) in [5, 5.41) is 10.2. The van der Waals surface area contributed by atoms with Gasteiger partial charge in [-0.1, -0.05) is 6.07 Å². The topological polar surface area (TPSA) is 60.2 Å². The van der Waals surface area contributed by atoms with Crippen molar-refractivity contribution in [2.75, 3.05) is 13.1 Å². The maximum absolute atomic E-state index is 13.2. The zero-order valence-electron chi connectivity index (χ0n) is 11.6. The van der Waals surface area contributed by atoms with Crippen LogP contribution in [0.1, 0.15) is 18.4 Å². The molecule has 1 aliphatic rings. The van der Waals surface area contributed by atoms with E-state index in [-0.39, 0.29) is 23.3 Å². The van der Waals surface area contributed by atoms with Gasteiger partial charge in [0.1, 0.15) is 11.9 Å². The molecule has 0 bridgehead atoms. The number of hydrogen-bond donors (Lipinski definition) is 1. The summed E-state index contributed by atoms with van der Waals surface area (Å²) in [7, 11) is 0. The number of benzene rings is 1. The molecule has 8 heteroatoms. The Morgan fingerprint density at radius 3 is 2.64 bits per heavy atom. The molecule has 0 saturated carbocycles. The van der Waals surface area contributed by atoms with E-state index in [4.69, 9.17) is 9.15 Å². The lowest BCUT2D eigenvalue weighted by Gasteiger charge is -2.25. The van der Waals surface area contributed by atoms with Crippen LogP contribution < -0.4 is 10.1 Å². The summed E-state index contributed by atoms with van der Waals surface area (Å²) < 4.78 is 50.5. The van der Waals surface area contributed by atoms with E-state index in [1.807, 2.05) is 0 Å². The molecule has 1 saturated heterocycles. The standard InChI is InChI=1S/C14H14F3N3O2/c15-14(16,17)10-2-1-3-11(12(10)13-20-19-8-21-13)22-9-4-6-18-7-5-9/h1-3,8-9,18H,4-7H2. The first-order valence-electron chi connectivity index (χ1n) is 6.90. The molecule has 0 radical (unpaired) electrons. The van der Waals surface area contributed by atoms with Gasteiger partial charge in [-0.15, -0.1) is 10.2 Å². The first-order chi connectivity index (χ1) is 10.6. The Kier molecular flexibility index (Phi) is 4.02. The van der Waals surface area contributed by atoms with Crippen molar-refractivity contribution in [1.82, 2.24) is 15.5 Å². The number of nitrogens with zero attached hydrogens (tertiary/aromatic N) is 2. The highest BCUT2D eigenvalue weighted by Crippen LogP contribution is 2.41.